The number of carbonyl (C=O) groups excluding carboxylic acids is 1. The fourth-order valence-electron chi connectivity index (χ4n) is 1.21. The van der Waals surface area contributed by atoms with E-state index in [0.29, 0.717) is 18.0 Å². The highest BCUT2D eigenvalue weighted by atomic mass is 32.2. The molecule has 0 atom stereocenters. The average Bonchev–Trinajstić information content (AvgIpc) is 2.17. The minimum Gasteiger partial charge on any atom is -0.465 e. The maximum Gasteiger partial charge on any atom is 0.316 e. The van der Waals surface area contributed by atoms with Crippen molar-refractivity contribution in [3.05, 3.63) is 23.8 Å². The highest BCUT2D eigenvalue weighted by Crippen LogP contribution is 2.28. The van der Waals surface area contributed by atoms with Gasteiger partial charge in [0.2, 0.25) is 0 Å². The third-order valence-corrected chi connectivity index (χ3v) is 3.11. The van der Waals surface area contributed by atoms with Crippen LogP contribution in [0.4, 0.5) is 5.69 Å². The maximum absolute atomic E-state index is 11.2. The normalized spacial score (nSPS) is 10.0. The molecule has 0 spiro atoms. The summed E-state index contributed by atoms with van der Waals surface area (Å²) in [6.07, 6.45) is 0. The molecule has 0 fully saturated rings. The van der Waals surface area contributed by atoms with E-state index in [1.807, 2.05) is 25.1 Å². The van der Waals surface area contributed by atoms with Gasteiger partial charge in [-0.15, -0.1) is 11.8 Å². The molecule has 1 aromatic rings. The quantitative estimate of drug-likeness (QED) is 0.485. The Kier molecular flexibility index (Phi) is 4.49. The maximum atomic E-state index is 11.2. The van der Waals surface area contributed by atoms with Crippen LogP contribution >= 0.6 is 11.8 Å². The monoisotopic (exact) mass is 225 g/mol. The fraction of sp³-hybridized carbons (Fsp3) is 0.364. The van der Waals surface area contributed by atoms with Crippen LogP contribution in [0.5, 0.6) is 0 Å². The first-order chi connectivity index (χ1) is 7.15. The van der Waals surface area contributed by atoms with Gasteiger partial charge >= 0.3 is 5.97 Å². The van der Waals surface area contributed by atoms with Crippen LogP contribution < -0.4 is 5.73 Å². The summed E-state index contributed by atoms with van der Waals surface area (Å²) in [6.45, 7) is 4.19. The van der Waals surface area contributed by atoms with Gasteiger partial charge in [-0.1, -0.05) is 12.1 Å². The van der Waals surface area contributed by atoms with E-state index in [-0.39, 0.29) is 5.97 Å². The van der Waals surface area contributed by atoms with Crippen molar-refractivity contribution in [1.29, 1.82) is 0 Å². The molecule has 4 heteroatoms. The lowest BCUT2D eigenvalue weighted by Gasteiger charge is -2.08. The molecule has 0 saturated heterocycles. The number of carbonyl (C=O) groups is 1. The minimum absolute atomic E-state index is 0.204. The molecule has 0 amide bonds. The zero-order chi connectivity index (χ0) is 11.3. The smallest absolute Gasteiger partial charge is 0.316 e. The number of hydrogen-bond acceptors (Lipinski definition) is 4. The van der Waals surface area contributed by atoms with Gasteiger partial charge in [0, 0.05) is 10.6 Å². The van der Waals surface area contributed by atoms with E-state index in [2.05, 4.69) is 0 Å². The van der Waals surface area contributed by atoms with Gasteiger partial charge in [-0.05, 0) is 25.5 Å². The summed E-state index contributed by atoms with van der Waals surface area (Å²) in [6, 6.07) is 5.71. The molecule has 82 valence electrons. The highest BCUT2D eigenvalue weighted by molar-refractivity contribution is 8.00. The number of nitrogen functional groups attached to an aromatic ring is 1. The zero-order valence-electron chi connectivity index (χ0n) is 8.95. The molecule has 0 saturated carbocycles. The molecular formula is C11H15NO2S. The number of ether oxygens (including phenoxy) is 1. The Hall–Kier alpha value is -1.16. The van der Waals surface area contributed by atoms with E-state index in [0.717, 1.165) is 10.5 Å². The van der Waals surface area contributed by atoms with Gasteiger partial charge in [-0.3, -0.25) is 4.79 Å². The van der Waals surface area contributed by atoms with Crippen LogP contribution in [0.15, 0.2) is 23.1 Å². The highest BCUT2D eigenvalue weighted by Gasteiger charge is 2.07. The summed E-state index contributed by atoms with van der Waals surface area (Å²) in [5.74, 6) is 0.105. The average molecular weight is 225 g/mol. The van der Waals surface area contributed by atoms with Crippen LogP contribution in [-0.4, -0.2) is 18.3 Å². The van der Waals surface area contributed by atoms with Gasteiger partial charge in [0.1, 0.15) is 0 Å². The molecule has 0 aromatic heterocycles. The Labute approximate surface area is 94.0 Å². The summed E-state index contributed by atoms with van der Waals surface area (Å²) in [4.78, 5) is 12.1. The molecule has 0 radical (unpaired) electrons. The number of rotatable bonds is 4. The molecule has 0 aliphatic rings. The summed E-state index contributed by atoms with van der Waals surface area (Å²) < 4.78 is 4.84. The molecular weight excluding hydrogens is 210 g/mol. The number of thioether (sulfide) groups is 1. The number of nitrogens with two attached hydrogens (primary N) is 1. The molecule has 3 nitrogen and oxygen atoms in total. The molecule has 15 heavy (non-hydrogen) atoms. The molecule has 0 unspecified atom stereocenters. The molecule has 0 aliphatic carbocycles. The third kappa shape index (κ3) is 3.47. The summed E-state index contributed by atoms with van der Waals surface area (Å²) >= 11 is 1.42. The topological polar surface area (TPSA) is 52.3 Å². The number of anilines is 1. The van der Waals surface area contributed by atoms with E-state index in [9.17, 15) is 4.79 Å². The van der Waals surface area contributed by atoms with Crippen molar-refractivity contribution in [2.24, 2.45) is 0 Å². The number of benzene rings is 1. The fourth-order valence-corrected chi connectivity index (χ4v) is 2.08. The van der Waals surface area contributed by atoms with Gasteiger partial charge in [-0.2, -0.15) is 0 Å². The van der Waals surface area contributed by atoms with Crippen molar-refractivity contribution in [3.8, 4) is 0 Å². The van der Waals surface area contributed by atoms with Gasteiger partial charge in [0.15, 0.2) is 0 Å². The molecule has 0 aliphatic heterocycles. The Morgan fingerprint density at radius 1 is 1.53 bits per heavy atom. The van der Waals surface area contributed by atoms with E-state index < -0.39 is 0 Å². The number of esters is 1. The van der Waals surface area contributed by atoms with E-state index >= 15 is 0 Å². The Morgan fingerprint density at radius 2 is 2.27 bits per heavy atom. The predicted octanol–water partition coefficient (Wildman–Crippen LogP) is 2.23. The summed E-state index contributed by atoms with van der Waals surface area (Å²) in [7, 11) is 0. The van der Waals surface area contributed by atoms with Crippen LogP contribution in [0, 0.1) is 6.92 Å². The second-order valence-corrected chi connectivity index (χ2v) is 4.07. The minimum atomic E-state index is -0.204. The Morgan fingerprint density at radius 3 is 2.87 bits per heavy atom. The van der Waals surface area contributed by atoms with Crippen molar-refractivity contribution >= 4 is 23.4 Å². The van der Waals surface area contributed by atoms with Crippen molar-refractivity contribution in [3.63, 3.8) is 0 Å². The van der Waals surface area contributed by atoms with Crippen molar-refractivity contribution in [1.82, 2.24) is 0 Å². The molecule has 0 bridgehead atoms. The molecule has 1 rings (SSSR count). The first-order valence-electron chi connectivity index (χ1n) is 4.78. The lowest BCUT2D eigenvalue weighted by atomic mass is 10.2. The number of aryl methyl sites for hydroxylation is 1. The van der Waals surface area contributed by atoms with Crippen LogP contribution in [0.25, 0.3) is 0 Å². The second kappa shape index (κ2) is 5.66. The largest absolute Gasteiger partial charge is 0.465 e. The van der Waals surface area contributed by atoms with Gasteiger partial charge in [-0.25, -0.2) is 0 Å². The second-order valence-electron chi connectivity index (χ2n) is 3.09. The van der Waals surface area contributed by atoms with Crippen LogP contribution in [-0.2, 0) is 9.53 Å². The van der Waals surface area contributed by atoms with Crippen molar-refractivity contribution < 1.29 is 9.53 Å². The van der Waals surface area contributed by atoms with Crippen LogP contribution in [0.3, 0.4) is 0 Å². The summed E-state index contributed by atoms with van der Waals surface area (Å²) in [5.41, 5.74) is 7.61. The Bertz CT molecular complexity index is 332. The first kappa shape index (κ1) is 11.9. The van der Waals surface area contributed by atoms with Gasteiger partial charge in [0.05, 0.1) is 12.4 Å². The molecule has 0 heterocycles. The molecule has 1 aromatic carbocycles. The standard InChI is InChI=1S/C11H15NO2S/c1-3-14-10(13)7-15-11-8(2)5-4-6-9(11)12/h4-6H,3,7,12H2,1-2H3. The van der Waals surface area contributed by atoms with Gasteiger partial charge < -0.3 is 10.5 Å². The van der Waals surface area contributed by atoms with Crippen LogP contribution in [0.1, 0.15) is 12.5 Å². The SMILES string of the molecule is CCOC(=O)CSc1c(C)cccc1N. The van der Waals surface area contributed by atoms with E-state index in [1.165, 1.54) is 11.8 Å². The third-order valence-electron chi connectivity index (χ3n) is 1.88. The van der Waals surface area contributed by atoms with Crippen LogP contribution in [0.2, 0.25) is 0 Å². The van der Waals surface area contributed by atoms with Crippen molar-refractivity contribution in [2.75, 3.05) is 18.1 Å². The van der Waals surface area contributed by atoms with E-state index in [4.69, 9.17) is 10.5 Å². The van der Waals surface area contributed by atoms with Gasteiger partial charge in [0.25, 0.3) is 0 Å². The first-order valence-corrected chi connectivity index (χ1v) is 5.77. The number of hydrogen-bond donors (Lipinski definition) is 1. The van der Waals surface area contributed by atoms with Crippen molar-refractivity contribution in [2.45, 2.75) is 18.7 Å². The predicted molar refractivity (Wildman–Crippen MR) is 62.9 cm³/mol. The lowest BCUT2D eigenvalue weighted by molar-refractivity contribution is -0.139. The zero-order valence-corrected chi connectivity index (χ0v) is 9.76. The Balaban J connectivity index is 2.61. The van der Waals surface area contributed by atoms with E-state index in [1.54, 1.807) is 6.92 Å². The lowest BCUT2D eigenvalue weighted by Crippen LogP contribution is -2.07. The summed E-state index contributed by atoms with van der Waals surface area (Å²) in [5, 5.41) is 0. The molecule has 2 N–H and O–H groups in total.